The Bertz CT molecular complexity index is 746. The molecule has 0 fully saturated rings. The molecule has 0 bridgehead atoms. The predicted molar refractivity (Wildman–Crippen MR) is 96.4 cm³/mol. The number of ether oxygens (including phenoxy) is 3. The standard InChI is InChI=1S/C18H18BrNO5/c1-23-14-5-3-12(4-6-14)9-20-18(22)11-25-17-7-13(10-21)15(19)8-16(17)24-2/h3-8,10H,9,11H2,1-2H3,(H,20,22). The Morgan fingerprint density at radius 2 is 1.84 bits per heavy atom. The van der Waals surface area contributed by atoms with Gasteiger partial charge in [0, 0.05) is 16.6 Å². The third-order valence-electron chi connectivity index (χ3n) is 3.42. The Hall–Kier alpha value is -2.54. The second-order valence-electron chi connectivity index (χ2n) is 5.06. The summed E-state index contributed by atoms with van der Waals surface area (Å²) in [5.74, 6) is 1.23. The Morgan fingerprint density at radius 1 is 1.12 bits per heavy atom. The van der Waals surface area contributed by atoms with Crippen molar-refractivity contribution in [2.45, 2.75) is 6.54 Å². The SMILES string of the molecule is COc1ccc(CNC(=O)COc2cc(C=O)c(Br)cc2OC)cc1. The number of nitrogens with one attached hydrogen (secondary N) is 1. The van der Waals surface area contributed by atoms with Gasteiger partial charge in [-0.25, -0.2) is 0 Å². The quantitative estimate of drug-likeness (QED) is 0.680. The van der Waals surface area contributed by atoms with Gasteiger partial charge >= 0.3 is 0 Å². The zero-order valence-corrected chi connectivity index (χ0v) is 15.5. The lowest BCUT2D eigenvalue weighted by Crippen LogP contribution is -2.28. The first-order chi connectivity index (χ1) is 12.1. The summed E-state index contributed by atoms with van der Waals surface area (Å²) < 4.78 is 16.3. The largest absolute Gasteiger partial charge is 0.497 e. The molecule has 2 rings (SSSR count). The molecule has 25 heavy (non-hydrogen) atoms. The van der Waals surface area contributed by atoms with Gasteiger partial charge in [0.05, 0.1) is 14.2 Å². The molecule has 6 nitrogen and oxygen atoms in total. The molecule has 0 radical (unpaired) electrons. The monoisotopic (exact) mass is 407 g/mol. The van der Waals surface area contributed by atoms with Crippen molar-refractivity contribution >= 4 is 28.1 Å². The molecule has 0 spiro atoms. The summed E-state index contributed by atoms with van der Waals surface area (Å²) >= 11 is 3.27. The van der Waals surface area contributed by atoms with Crippen LogP contribution in [0.5, 0.6) is 17.2 Å². The van der Waals surface area contributed by atoms with Crippen molar-refractivity contribution in [3.63, 3.8) is 0 Å². The summed E-state index contributed by atoms with van der Waals surface area (Å²) in [6.45, 7) is 0.190. The van der Waals surface area contributed by atoms with Crippen molar-refractivity contribution in [2.75, 3.05) is 20.8 Å². The van der Waals surface area contributed by atoms with Gasteiger partial charge in [-0.05, 0) is 45.8 Å². The minimum absolute atomic E-state index is 0.188. The predicted octanol–water partition coefficient (Wildman–Crippen LogP) is 2.97. The fourth-order valence-corrected chi connectivity index (χ4v) is 2.47. The van der Waals surface area contributed by atoms with Gasteiger partial charge in [0.15, 0.2) is 24.4 Å². The number of rotatable bonds is 8. The number of benzene rings is 2. The molecule has 132 valence electrons. The van der Waals surface area contributed by atoms with Crippen LogP contribution in [0.2, 0.25) is 0 Å². The molecule has 0 heterocycles. The van der Waals surface area contributed by atoms with Crippen LogP contribution in [0.1, 0.15) is 15.9 Å². The van der Waals surface area contributed by atoms with Crippen molar-refractivity contribution < 1.29 is 23.8 Å². The highest BCUT2D eigenvalue weighted by atomic mass is 79.9. The zero-order chi connectivity index (χ0) is 18.2. The smallest absolute Gasteiger partial charge is 0.258 e. The highest BCUT2D eigenvalue weighted by Crippen LogP contribution is 2.32. The van der Waals surface area contributed by atoms with Crippen LogP contribution in [0.15, 0.2) is 40.9 Å². The maximum atomic E-state index is 12.0. The van der Waals surface area contributed by atoms with E-state index in [0.717, 1.165) is 11.3 Å². The molecular formula is C18H18BrNO5. The lowest BCUT2D eigenvalue weighted by molar-refractivity contribution is -0.123. The highest BCUT2D eigenvalue weighted by molar-refractivity contribution is 9.10. The zero-order valence-electron chi connectivity index (χ0n) is 13.9. The second-order valence-corrected chi connectivity index (χ2v) is 5.91. The van der Waals surface area contributed by atoms with Gasteiger partial charge in [-0.2, -0.15) is 0 Å². The first-order valence-corrected chi connectivity index (χ1v) is 8.21. The van der Waals surface area contributed by atoms with Crippen molar-refractivity contribution in [1.29, 1.82) is 0 Å². The topological polar surface area (TPSA) is 73.9 Å². The van der Waals surface area contributed by atoms with Crippen LogP contribution in [0.3, 0.4) is 0 Å². The number of halogens is 1. The third-order valence-corrected chi connectivity index (χ3v) is 4.10. The highest BCUT2D eigenvalue weighted by Gasteiger charge is 2.11. The molecule has 0 aliphatic carbocycles. The van der Waals surface area contributed by atoms with Crippen LogP contribution < -0.4 is 19.5 Å². The van der Waals surface area contributed by atoms with Crippen LogP contribution in [0.4, 0.5) is 0 Å². The Labute approximate surface area is 154 Å². The Balaban J connectivity index is 1.91. The maximum Gasteiger partial charge on any atom is 0.258 e. The molecular weight excluding hydrogens is 390 g/mol. The molecule has 0 saturated heterocycles. The van der Waals surface area contributed by atoms with Gasteiger partial charge in [-0.15, -0.1) is 0 Å². The fraction of sp³-hybridized carbons (Fsp3) is 0.222. The molecule has 0 aromatic heterocycles. The van der Waals surface area contributed by atoms with E-state index in [1.807, 2.05) is 24.3 Å². The lowest BCUT2D eigenvalue weighted by atomic mass is 10.2. The van der Waals surface area contributed by atoms with E-state index in [1.165, 1.54) is 13.2 Å². The van der Waals surface area contributed by atoms with E-state index in [1.54, 1.807) is 13.2 Å². The van der Waals surface area contributed by atoms with Crippen molar-refractivity contribution in [1.82, 2.24) is 5.32 Å². The van der Waals surface area contributed by atoms with Crippen LogP contribution in [0, 0.1) is 0 Å². The fourth-order valence-electron chi connectivity index (χ4n) is 2.05. The molecule has 0 aliphatic rings. The van der Waals surface area contributed by atoms with E-state index >= 15 is 0 Å². The third kappa shape index (κ3) is 5.22. The van der Waals surface area contributed by atoms with E-state index in [0.29, 0.717) is 34.4 Å². The summed E-state index contributed by atoms with van der Waals surface area (Å²) in [7, 11) is 3.08. The Morgan fingerprint density at radius 3 is 2.44 bits per heavy atom. The lowest BCUT2D eigenvalue weighted by Gasteiger charge is -2.12. The number of hydrogen-bond acceptors (Lipinski definition) is 5. The van der Waals surface area contributed by atoms with Gasteiger partial charge in [0.1, 0.15) is 5.75 Å². The summed E-state index contributed by atoms with van der Waals surface area (Å²) in [4.78, 5) is 23.0. The maximum absolute atomic E-state index is 12.0. The van der Waals surface area contributed by atoms with Crippen LogP contribution in [0.25, 0.3) is 0 Å². The molecule has 0 atom stereocenters. The van der Waals surface area contributed by atoms with Gasteiger partial charge < -0.3 is 19.5 Å². The molecule has 1 N–H and O–H groups in total. The van der Waals surface area contributed by atoms with E-state index in [2.05, 4.69) is 21.2 Å². The van der Waals surface area contributed by atoms with E-state index < -0.39 is 0 Å². The van der Waals surface area contributed by atoms with Gasteiger partial charge in [0.25, 0.3) is 5.91 Å². The first kappa shape index (κ1) is 18.8. The number of aldehydes is 1. The Kier molecular flexibility index (Phi) is 6.82. The van der Waals surface area contributed by atoms with Crippen LogP contribution in [-0.4, -0.2) is 33.0 Å². The summed E-state index contributed by atoms with van der Waals surface area (Å²) in [6.07, 6.45) is 0.695. The number of hydrogen-bond donors (Lipinski definition) is 1. The molecule has 1 amide bonds. The summed E-state index contributed by atoms with van der Waals surface area (Å²) in [5.41, 5.74) is 1.35. The summed E-state index contributed by atoms with van der Waals surface area (Å²) in [6, 6.07) is 10.5. The molecule has 2 aromatic carbocycles. The minimum Gasteiger partial charge on any atom is -0.497 e. The molecule has 2 aromatic rings. The van der Waals surface area contributed by atoms with Crippen molar-refractivity contribution in [3.8, 4) is 17.2 Å². The van der Waals surface area contributed by atoms with E-state index in [-0.39, 0.29) is 12.5 Å². The van der Waals surface area contributed by atoms with E-state index in [4.69, 9.17) is 14.2 Å². The van der Waals surface area contributed by atoms with Crippen LogP contribution in [-0.2, 0) is 11.3 Å². The number of methoxy groups -OCH3 is 2. The van der Waals surface area contributed by atoms with Gasteiger partial charge in [-0.1, -0.05) is 12.1 Å². The van der Waals surface area contributed by atoms with E-state index in [9.17, 15) is 9.59 Å². The molecule has 0 saturated carbocycles. The van der Waals surface area contributed by atoms with Crippen molar-refractivity contribution in [3.05, 3.63) is 52.0 Å². The van der Waals surface area contributed by atoms with Crippen LogP contribution >= 0.6 is 15.9 Å². The van der Waals surface area contributed by atoms with Gasteiger partial charge in [0.2, 0.25) is 0 Å². The van der Waals surface area contributed by atoms with Crippen molar-refractivity contribution in [2.24, 2.45) is 0 Å². The number of carbonyl (C=O) groups is 2. The molecule has 0 unspecified atom stereocenters. The number of carbonyl (C=O) groups excluding carboxylic acids is 2. The molecule has 7 heteroatoms. The summed E-state index contributed by atoms with van der Waals surface area (Å²) in [5, 5.41) is 2.76. The molecule has 0 aliphatic heterocycles. The first-order valence-electron chi connectivity index (χ1n) is 7.42. The second kappa shape index (κ2) is 9.08. The average Bonchev–Trinajstić information content (AvgIpc) is 2.65. The average molecular weight is 408 g/mol. The normalized spacial score (nSPS) is 10.0. The number of amides is 1. The van der Waals surface area contributed by atoms with Gasteiger partial charge in [-0.3, -0.25) is 9.59 Å². The minimum atomic E-state index is -0.284.